The summed E-state index contributed by atoms with van der Waals surface area (Å²) in [5, 5.41) is 2.78. The molecule has 0 spiro atoms. The first-order valence-electron chi connectivity index (χ1n) is 10.9. The topological polar surface area (TPSA) is 75.7 Å². The fourth-order valence-corrected chi connectivity index (χ4v) is 4.75. The summed E-state index contributed by atoms with van der Waals surface area (Å²) in [5.41, 5.74) is 2.04. The molecule has 0 saturated heterocycles. The third-order valence-corrected chi connectivity index (χ3v) is 6.74. The number of carbonyl (C=O) groups excluding carboxylic acids is 1. The van der Waals surface area contributed by atoms with Gasteiger partial charge in [-0.25, -0.2) is 8.42 Å². The van der Waals surface area contributed by atoms with Crippen LogP contribution < -0.4 is 14.4 Å². The van der Waals surface area contributed by atoms with Crippen LogP contribution in [0.5, 0.6) is 5.75 Å². The molecule has 0 bridgehead atoms. The first kappa shape index (κ1) is 24.3. The van der Waals surface area contributed by atoms with Crippen molar-refractivity contribution < 1.29 is 17.9 Å². The predicted octanol–water partition coefficient (Wildman–Crippen LogP) is 5.43. The van der Waals surface area contributed by atoms with Gasteiger partial charge in [0, 0.05) is 11.8 Å². The first-order valence-corrected chi connectivity index (χ1v) is 12.3. The van der Waals surface area contributed by atoms with Crippen LogP contribution in [0, 0.1) is 0 Å². The zero-order valence-corrected chi connectivity index (χ0v) is 20.2. The van der Waals surface area contributed by atoms with Gasteiger partial charge in [-0.3, -0.25) is 9.10 Å². The van der Waals surface area contributed by atoms with Gasteiger partial charge in [0.15, 0.2) is 0 Å². The molecule has 0 unspecified atom stereocenters. The highest BCUT2D eigenvalue weighted by molar-refractivity contribution is 7.92. The van der Waals surface area contributed by atoms with Crippen molar-refractivity contribution in [1.29, 1.82) is 0 Å². The molecule has 0 aliphatic heterocycles. The lowest BCUT2D eigenvalue weighted by Crippen LogP contribution is -2.38. The van der Waals surface area contributed by atoms with Crippen LogP contribution in [0.25, 0.3) is 0 Å². The van der Waals surface area contributed by atoms with Crippen molar-refractivity contribution in [3.05, 3.63) is 84.4 Å². The van der Waals surface area contributed by atoms with Crippen molar-refractivity contribution in [1.82, 2.24) is 0 Å². The van der Waals surface area contributed by atoms with Gasteiger partial charge in [0.1, 0.15) is 12.3 Å². The Labute approximate surface area is 196 Å². The number of benzene rings is 3. The number of rotatable bonds is 9. The van der Waals surface area contributed by atoms with Gasteiger partial charge in [-0.1, -0.05) is 50.2 Å². The maximum absolute atomic E-state index is 13.4. The SMILES string of the molecule is CC(C)Oc1cccc(NC(=O)CN(c2ccc(C(C)C)cc2)S(=O)(=O)c2ccccc2)c1. The monoisotopic (exact) mass is 466 g/mol. The van der Waals surface area contributed by atoms with E-state index in [1.54, 1.807) is 54.6 Å². The van der Waals surface area contributed by atoms with Gasteiger partial charge in [0.05, 0.1) is 16.7 Å². The van der Waals surface area contributed by atoms with E-state index in [1.165, 1.54) is 12.1 Å². The van der Waals surface area contributed by atoms with E-state index < -0.39 is 15.9 Å². The molecule has 0 saturated carbocycles. The summed E-state index contributed by atoms with van der Waals surface area (Å²) in [6.45, 7) is 7.61. The molecule has 3 rings (SSSR count). The summed E-state index contributed by atoms with van der Waals surface area (Å²) >= 11 is 0. The van der Waals surface area contributed by atoms with Crippen molar-refractivity contribution in [2.75, 3.05) is 16.2 Å². The average Bonchev–Trinajstić information content (AvgIpc) is 2.78. The fraction of sp³-hybridized carbons (Fsp3) is 0.269. The second-order valence-electron chi connectivity index (χ2n) is 8.31. The van der Waals surface area contributed by atoms with E-state index in [0.29, 0.717) is 23.0 Å². The number of hydrogen-bond donors (Lipinski definition) is 1. The summed E-state index contributed by atoms with van der Waals surface area (Å²) in [4.78, 5) is 13.0. The van der Waals surface area contributed by atoms with E-state index in [9.17, 15) is 13.2 Å². The minimum absolute atomic E-state index is 0.00345. The Bertz CT molecular complexity index is 1170. The lowest BCUT2D eigenvalue weighted by Gasteiger charge is -2.24. The summed E-state index contributed by atoms with van der Waals surface area (Å²) in [6.07, 6.45) is -0.00345. The van der Waals surface area contributed by atoms with E-state index in [0.717, 1.165) is 9.87 Å². The Morgan fingerprint density at radius 2 is 1.58 bits per heavy atom. The van der Waals surface area contributed by atoms with E-state index in [1.807, 2.05) is 26.0 Å². The van der Waals surface area contributed by atoms with Gasteiger partial charge in [-0.05, 0) is 61.7 Å². The maximum Gasteiger partial charge on any atom is 0.264 e. The van der Waals surface area contributed by atoms with E-state index in [2.05, 4.69) is 19.2 Å². The number of sulfonamides is 1. The molecule has 3 aromatic rings. The zero-order chi connectivity index (χ0) is 24.0. The number of carbonyl (C=O) groups is 1. The lowest BCUT2D eigenvalue weighted by atomic mass is 10.0. The standard InChI is InChI=1S/C26H30N2O4S/c1-19(2)21-13-15-23(16-14-21)28(33(30,31)25-11-6-5-7-12-25)18-26(29)27-22-9-8-10-24(17-22)32-20(3)4/h5-17,19-20H,18H2,1-4H3,(H,27,29). The normalized spacial score (nSPS) is 11.5. The third-order valence-electron chi connectivity index (χ3n) is 4.96. The Kier molecular flexibility index (Phi) is 7.76. The predicted molar refractivity (Wildman–Crippen MR) is 132 cm³/mol. The molecule has 7 heteroatoms. The summed E-state index contributed by atoms with van der Waals surface area (Å²) in [7, 11) is -3.95. The van der Waals surface area contributed by atoms with Gasteiger partial charge < -0.3 is 10.1 Å². The largest absolute Gasteiger partial charge is 0.491 e. The minimum Gasteiger partial charge on any atom is -0.491 e. The third kappa shape index (κ3) is 6.35. The van der Waals surface area contributed by atoms with Crippen LogP contribution in [0.2, 0.25) is 0 Å². The van der Waals surface area contributed by atoms with E-state index >= 15 is 0 Å². The van der Waals surface area contributed by atoms with Gasteiger partial charge in [0.25, 0.3) is 10.0 Å². The highest BCUT2D eigenvalue weighted by atomic mass is 32.2. The molecule has 0 fully saturated rings. The Hall–Kier alpha value is -3.32. The summed E-state index contributed by atoms with van der Waals surface area (Å²) < 4.78 is 33.7. The van der Waals surface area contributed by atoms with Crippen LogP contribution >= 0.6 is 0 Å². The number of hydrogen-bond acceptors (Lipinski definition) is 4. The van der Waals surface area contributed by atoms with Crippen LogP contribution in [0.15, 0.2) is 83.8 Å². The van der Waals surface area contributed by atoms with Gasteiger partial charge in [-0.15, -0.1) is 0 Å². The minimum atomic E-state index is -3.95. The Balaban J connectivity index is 1.89. The van der Waals surface area contributed by atoms with Crippen LogP contribution in [0.3, 0.4) is 0 Å². The van der Waals surface area contributed by atoms with Crippen LogP contribution in [-0.2, 0) is 14.8 Å². The second kappa shape index (κ2) is 10.5. The Morgan fingerprint density at radius 1 is 0.909 bits per heavy atom. The average molecular weight is 467 g/mol. The van der Waals surface area contributed by atoms with Crippen LogP contribution in [-0.4, -0.2) is 27.0 Å². The van der Waals surface area contributed by atoms with Crippen molar-refractivity contribution >= 4 is 27.3 Å². The first-order chi connectivity index (χ1) is 15.7. The van der Waals surface area contributed by atoms with Crippen molar-refractivity contribution in [2.45, 2.75) is 44.6 Å². The van der Waals surface area contributed by atoms with Gasteiger partial charge in [0.2, 0.25) is 5.91 Å². The van der Waals surface area contributed by atoms with Crippen molar-refractivity contribution in [3.8, 4) is 5.75 Å². The molecule has 0 heterocycles. The van der Waals surface area contributed by atoms with Gasteiger partial charge in [-0.2, -0.15) is 0 Å². The van der Waals surface area contributed by atoms with Gasteiger partial charge >= 0.3 is 0 Å². The quantitative estimate of drug-likeness (QED) is 0.456. The smallest absolute Gasteiger partial charge is 0.264 e. The molecular formula is C26H30N2O4S. The fourth-order valence-electron chi connectivity index (χ4n) is 3.31. The molecule has 1 N–H and O–H groups in total. The molecule has 6 nitrogen and oxygen atoms in total. The molecule has 0 radical (unpaired) electrons. The highest BCUT2D eigenvalue weighted by Crippen LogP contribution is 2.26. The van der Waals surface area contributed by atoms with Crippen molar-refractivity contribution in [2.24, 2.45) is 0 Å². The molecule has 1 amide bonds. The molecule has 0 aliphatic rings. The second-order valence-corrected chi connectivity index (χ2v) is 10.2. The molecule has 33 heavy (non-hydrogen) atoms. The number of nitrogens with zero attached hydrogens (tertiary/aromatic N) is 1. The number of nitrogens with one attached hydrogen (secondary N) is 1. The molecule has 0 aromatic heterocycles. The van der Waals surface area contributed by atoms with Crippen molar-refractivity contribution in [3.63, 3.8) is 0 Å². The van der Waals surface area contributed by atoms with Crippen LogP contribution in [0.1, 0.15) is 39.2 Å². The highest BCUT2D eigenvalue weighted by Gasteiger charge is 2.27. The number of anilines is 2. The summed E-state index contributed by atoms with van der Waals surface area (Å²) in [6, 6.07) is 22.4. The van der Waals surface area contributed by atoms with E-state index in [4.69, 9.17) is 4.74 Å². The lowest BCUT2D eigenvalue weighted by molar-refractivity contribution is -0.114. The van der Waals surface area contributed by atoms with Crippen LogP contribution in [0.4, 0.5) is 11.4 Å². The summed E-state index contributed by atoms with van der Waals surface area (Å²) in [5.74, 6) is 0.479. The molecule has 0 aliphatic carbocycles. The maximum atomic E-state index is 13.4. The molecular weight excluding hydrogens is 436 g/mol. The number of ether oxygens (including phenoxy) is 1. The van der Waals surface area contributed by atoms with E-state index in [-0.39, 0.29) is 17.5 Å². The number of amides is 1. The molecule has 0 atom stereocenters. The molecule has 3 aromatic carbocycles. The molecule has 174 valence electrons. The Morgan fingerprint density at radius 3 is 2.18 bits per heavy atom. The zero-order valence-electron chi connectivity index (χ0n) is 19.4.